The molecule has 3 atom stereocenters. The first-order chi connectivity index (χ1) is 10.3. The molecule has 0 aromatic rings. The highest BCUT2D eigenvalue weighted by Gasteiger charge is 2.35. The summed E-state index contributed by atoms with van der Waals surface area (Å²) in [7, 11) is 0. The molecular weight excluding hydrogens is 264 g/mol. The third-order valence-electron chi connectivity index (χ3n) is 5.15. The fourth-order valence-corrected chi connectivity index (χ4v) is 3.98. The van der Waals surface area contributed by atoms with E-state index in [1.54, 1.807) is 0 Å². The van der Waals surface area contributed by atoms with Crippen LogP contribution in [-0.4, -0.2) is 72.4 Å². The van der Waals surface area contributed by atoms with Gasteiger partial charge in [0, 0.05) is 31.7 Å². The number of nitrogens with two attached hydrogens (primary N) is 2. The predicted octanol–water partition coefficient (Wildman–Crippen LogP) is 0.364. The lowest BCUT2D eigenvalue weighted by atomic mass is 9.89. The molecule has 3 unspecified atom stereocenters. The molecule has 0 bridgehead atoms. The van der Waals surface area contributed by atoms with Gasteiger partial charge < -0.3 is 21.5 Å². The van der Waals surface area contributed by atoms with Crippen LogP contribution in [0.15, 0.2) is 0 Å². The molecular formula is C16H34N4O. The average Bonchev–Trinajstić information content (AvgIpc) is 2.51. The SMILES string of the molecule is NCCCC1CN(CCCN)CCN1C1CCCCC1O. The zero-order valence-corrected chi connectivity index (χ0v) is 13.4. The van der Waals surface area contributed by atoms with E-state index >= 15 is 0 Å². The van der Waals surface area contributed by atoms with Crippen molar-refractivity contribution in [2.24, 2.45) is 11.5 Å². The van der Waals surface area contributed by atoms with E-state index in [-0.39, 0.29) is 6.10 Å². The van der Waals surface area contributed by atoms with E-state index in [1.165, 1.54) is 12.8 Å². The van der Waals surface area contributed by atoms with Gasteiger partial charge in [0.15, 0.2) is 0 Å². The molecule has 5 N–H and O–H groups in total. The first-order valence-corrected chi connectivity index (χ1v) is 8.82. The van der Waals surface area contributed by atoms with Crippen LogP contribution in [-0.2, 0) is 0 Å². The molecule has 5 nitrogen and oxygen atoms in total. The monoisotopic (exact) mass is 298 g/mol. The van der Waals surface area contributed by atoms with E-state index < -0.39 is 0 Å². The summed E-state index contributed by atoms with van der Waals surface area (Å²) in [5.41, 5.74) is 11.3. The van der Waals surface area contributed by atoms with Gasteiger partial charge in [0.25, 0.3) is 0 Å². The predicted molar refractivity (Wildman–Crippen MR) is 87.2 cm³/mol. The average molecular weight is 298 g/mol. The van der Waals surface area contributed by atoms with Gasteiger partial charge in [-0.15, -0.1) is 0 Å². The molecule has 1 saturated heterocycles. The van der Waals surface area contributed by atoms with Crippen molar-refractivity contribution in [3.8, 4) is 0 Å². The second-order valence-corrected chi connectivity index (χ2v) is 6.68. The molecule has 5 heteroatoms. The van der Waals surface area contributed by atoms with Crippen LogP contribution in [0.1, 0.15) is 44.9 Å². The minimum Gasteiger partial charge on any atom is -0.391 e. The van der Waals surface area contributed by atoms with Crippen LogP contribution in [0, 0.1) is 0 Å². The van der Waals surface area contributed by atoms with Gasteiger partial charge in [-0.3, -0.25) is 4.90 Å². The Kier molecular flexibility index (Phi) is 7.40. The summed E-state index contributed by atoms with van der Waals surface area (Å²) in [4.78, 5) is 5.14. The van der Waals surface area contributed by atoms with Crippen molar-refractivity contribution in [2.75, 3.05) is 39.3 Å². The molecule has 1 saturated carbocycles. The van der Waals surface area contributed by atoms with Gasteiger partial charge in [0.1, 0.15) is 0 Å². The minimum atomic E-state index is -0.130. The Morgan fingerprint density at radius 1 is 1.00 bits per heavy atom. The highest BCUT2D eigenvalue weighted by Crippen LogP contribution is 2.28. The molecule has 0 radical (unpaired) electrons. The lowest BCUT2D eigenvalue weighted by molar-refractivity contribution is -0.0358. The lowest BCUT2D eigenvalue weighted by Gasteiger charge is -2.48. The third kappa shape index (κ3) is 4.89. The fraction of sp³-hybridized carbons (Fsp3) is 1.00. The summed E-state index contributed by atoms with van der Waals surface area (Å²) < 4.78 is 0. The zero-order valence-electron chi connectivity index (χ0n) is 13.4. The summed E-state index contributed by atoms with van der Waals surface area (Å²) in [5.74, 6) is 0. The van der Waals surface area contributed by atoms with E-state index in [9.17, 15) is 5.11 Å². The molecule has 2 fully saturated rings. The van der Waals surface area contributed by atoms with Crippen LogP contribution in [0.2, 0.25) is 0 Å². The normalized spacial score (nSPS) is 32.4. The Morgan fingerprint density at radius 2 is 1.76 bits per heavy atom. The molecule has 21 heavy (non-hydrogen) atoms. The van der Waals surface area contributed by atoms with Crippen LogP contribution in [0.25, 0.3) is 0 Å². The van der Waals surface area contributed by atoms with Gasteiger partial charge in [-0.25, -0.2) is 0 Å². The largest absolute Gasteiger partial charge is 0.391 e. The number of aliphatic hydroxyl groups is 1. The molecule has 0 aromatic heterocycles. The Morgan fingerprint density at radius 3 is 2.48 bits per heavy atom. The fourth-order valence-electron chi connectivity index (χ4n) is 3.98. The Hall–Kier alpha value is -0.200. The van der Waals surface area contributed by atoms with Crippen LogP contribution in [0.5, 0.6) is 0 Å². The first-order valence-electron chi connectivity index (χ1n) is 8.82. The number of aliphatic hydroxyl groups excluding tert-OH is 1. The zero-order chi connectivity index (χ0) is 15.1. The van der Waals surface area contributed by atoms with E-state index in [2.05, 4.69) is 9.80 Å². The highest BCUT2D eigenvalue weighted by molar-refractivity contribution is 4.91. The van der Waals surface area contributed by atoms with Crippen LogP contribution in [0.3, 0.4) is 0 Å². The molecule has 124 valence electrons. The van der Waals surface area contributed by atoms with Gasteiger partial charge in [-0.2, -0.15) is 0 Å². The van der Waals surface area contributed by atoms with Crippen molar-refractivity contribution in [3.63, 3.8) is 0 Å². The summed E-state index contributed by atoms with van der Waals surface area (Å²) in [6, 6.07) is 0.927. The Balaban J connectivity index is 1.94. The van der Waals surface area contributed by atoms with Gasteiger partial charge in [0.2, 0.25) is 0 Å². The van der Waals surface area contributed by atoms with Gasteiger partial charge in [0.05, 0.1) is 6.10 Å². The van der Waals surface area contributed by atoms with Gasteiger partial charge in [-0.1, -0.05) is 12.8 Å². The van der Waals surface area contributed by atoms with Gasteiger partial charge in [-0.05, 0) is 51.7 Å². The van der Waals surface area contributed by atoms with Crippen molar-refractivity contribution < 1.29 is 5.11 Å². The number of nitrogens with zero attached hydrogens (tertiary/aromatic N) is 2. The summed E-state index contributed by atoms with van der Waals surface area (Å²) in [5, 5.41) is 10.4. The quantitative estimate of drug-likeness (QED) is 0.633. The van der Waals surface area contributed by atoms with Crippen molar-refractivity contribution >= 4 is 0 Å². The van der Waals surface area contributed by atoms with Crippen molar-refractivity contribution in [1.29, 1.82) is 0 Å². The van der Waals surface area contributed by atoms with Crippen molar-refractivity contribution in [2.45, 2.75) is 63.1 Å². The van der Waals surface area contributed by atoms with Gasteiger partial charge >= 0.3 is 0 Å². The Labute approximate surface area is 129 Å². The van der Waals surface area contributed by atoms with Crippen molar-refractivity contribution in [3.05, 3.63) is 0 Å². The molecule has 0 amide bonds. The second-order valence-electron chi connectivity index (χ2n) is 6.68. The third-order valence-corrected chi connectivity index (χ3v) is 5.15. The first kappa shape index (κ1) is 17.2. The van der Waals surface area contributed by atoms with Crippen LogP contribution < -0.4 is 11.5 Å². The summed E-state index contributed by atoms with van der Waals surface area (Å²) >= 11 is 0. The smallest absolute Gasteiger partial charge is 0.0695 e. The van der Waals surface area contributed by atoms with E-state index in [1.807, 2.05) is 0 Å². The maximum atomic E-state index is 10.4. The van der Waals surface area contributed by atoms with E-state index in [0.29, 0.717) is 12.1 Å². The number of rotatable bonds is 7. The number of hydrogen-bond donors (Lipinski definition) is 3. The number of hydrogen-bond acceptors (Lipinski definition) is 5. The minimum absolute atomic E-state index is 0.130. The Bertz CT molecular complexity index is 289. The summed E-state index contributed by atoms with van der Waals surface area (Å²) in [6.07, 6.45) is 7.75. The molecule has 2 rings (SSSR count). The standard InChI is InChI=1S/C16H34N4O/c17-8-3-5-14-13-19(10-4-9-18)11-12-20(14)15-6-1-2-7-16(15)21/h14-16,21H,1-13,17-18H2. The number of piperazine rings is 1. The lowest BCUT2D eigenvalue weighted by Crippen LogP contribution is -2.59. The van der Waals surface area contributed by atoms with Crippen LogP contribution >= 0.6 is 0 Å². The highest BCUT2D eigenvalue weighted by atomic mass is 16.3. The molecule has 0 aromatic carbocycles. The van der Waals surface area contributed by atoms with Crippen molar-refractivity contribution in [1.82, 2.24) is 9.80 Å². The maximum Gasteiger partial charge on any atom is 0.0695 e. The molecule has 2 aliphatic rings. The summed E-state index contributed by atoms with van der Waals surface area (Å²) in [6.45, 7) is 5.96. The second kappa shape index (κ2) is 9.06. The van der Waals surface area contributed by atoms with E-state index in [4.69, 9.17) is 11.5 Å². The molecule has 1 aliphatic heterocycles. The van der Waals surface area contributed by atoms with Crippen LogP contribution in [0.4, 0.5) is 0 Å². The maximum absolute atomic E-state index is 10.4. The topological polar surface area (TPSA) is 78.8 Å². The van der Waals surface area contributed by atoms with E-state index in [0.717, 1.165) is 71.4 Å². The molecule has 1 aliphatic carbocycles. The molecule has 1 heterocycles. The molecule has 0 spiro atoms.